The van der Waals surface area contributed by atoms with Crippen LogP contribution in [0.5, 0.6) is 11.5 Å². The van der Waals surface area contributed by atoms with Crippen LogP contribution in [0.15, 0.2) is 36.5 Å². The topological polar surface area (TPSA) is 43.4 Å². The van der Waals surface area contributed by atoms with E-state index in [1.807, 2.05) is 37.3 Å². The molecule has 1 N–H and O–H groups in total. The Morgan fingerprint density at radius 3 is 2.76 bits per heavy atom. The molecule has 1 aromatic heterocycles. The largest absolute Gasteiger partial charge is 0.455 e. The molecule has 0 saturated heterocycles. The molecular formula is C16H19ClN2O2. The summed E-state index contributed by atoms with van der Waals surface area (Å²) in [5.74, 6) is 1.47. The molecule has 0 amide bonds. The van der Waals surface area contributed by atoms with Gasteiger partial charge in [-0.15, -0.1) is 0 Å². The van der Waals surface area contributed by atoms with Crippen molar-refractivity contribution in [3.63, 3.8) is 0 Å². The fourth-order valence-corrected chi connectivity index (χ4v) is 2.12. The van der Waals surface area contributed by atoms with Crippen LogP contribution >= 0.6 is 11.6 Å². The second kappa shape index (κ2) is 7.98. The molecule has 0 bridgehead atoms. The van der Waals surface area contributed by atoms with Gasteiger partial charge in [0.25, 0.3) is 0 Å². The van der Waals surface area contributed by atoms with Gasteiger partial charge in [0.05, 0.1) is 12.3 Å². The minimum atomic E-state index is 0.623. The van der Waals surface area contributed by atoms with Crippen molar-refractivity contribution in [2.24, 2.45) is 0 Å². The number of hydrogen-bond donors (Lipinski definition) is 1. The van der Waals surface area contributed by atoms with Crippen LogP contribution in [0.1, 0.15) is 11.3 Å². The van der Waals surface area contributed by atoms with E-state index in [9.17, 15) is 0 Å². The fourth-order valence-electron chi connectivity index (χ4n) is 1.89. The minimum Gasteiger partial charge on any atom is -0.455 e. The van der Waals surface area contributed by atoms with Crippen LogP contribution in [0.4, 0.5) is 0 Å². The first-order chi connectivity index (χ1) is 10.2. The van der Waals surface area contributed by atoms with Gasteiger partial charge in [0.15, 0.2) is 0 Å². The van der Waals surface area contributed by atoms with Crippen molar-refractivity contribution >= 4 is 11.6 Å². The zero-order valence-corrected chi connectivity index (χ0v) is 13.0. The number of pyridine rings is 1. The highest BCUT2D eigenvalue weighted by Gasteiger charge is 2.10. The number of halogens is 1. The first-order valence-electron chi connectivity index (χ1n) is 6.79. The van der Waals surface area contributed by atoms with Crippen molar-refractivity contribution in [2.45, 2.75) is 13.5 Å². The van der Waals surface area contributed by atoms with Crippen molar-refractivity contribution in [1.82, 2.24) is 10.3 Å². The van der Waals surface area contributed by atoms with Crippen LogP contribution in [0.2, 0.25) is 5.02 Å². The molecule has 1 aromatic carbocycles. The quantitative estimate of drug-likeness (QED) is 0.794. The summed E-state index contributed by atoms with van der Waals surface area (Å²) in [4.78, 5) is 4.22. The molecule has 0 aliphatic heterocycles. The summed E-state index contributed by atoms with van der Waals surface area (Å²) in [7, 11) is 1.68. The lowest BCUT2D eigenvalue weighted by Gasteiger charge is -2.14. The lowest BCUT2D eigenvalue weighted by molar-refractivity contribution is 0.199. The summed E-state index contributed by atoms with van der Waals surface area (Å²) in [6, 6.07) is 9.39. The average molecular weight is 307 g/mol. The Morgan fingerprint density at radius 2 is 2.00 bits per heavy atom. The van der Waals surface area contributed by atoms with E-state index in [1.165, 1.54) is 0 Å². The van der Waals surface area contributed by atoms with Gasteiger partial charge in [0, 0.05) is 37.0 Å². The predicted octanol–water partition coefficient (Wildman–Crippen LogP) is 3.57. The summed E-state index contributed by atoms with van der Waals surface area (Å²) >= 11 is 6.28. The SMILES string of the molecule is COCCNCc1c(Cl)cccc1Oc1cccnc1C. The standard InChI is InChI=1S/C16H19ClN2O2/c1-12-15(7-4-8-19-12)21-16-6-3-5-14(17)13(16)11-18-9-10-20-2/h3-8,18H,9-11H2,1-2H3. The summed E-state index contributed by atoms with van der Waals surface area (Å²) in [6.45, 7) is 3.95. The molecule has 0 unspecified atom stereocenters. The molecule has 0 fully saturated rings. The van der Waals surface area contributed by atoms with Crippen molar-refractivity contribution in [3.05, 3.63) is 52.8 Å². The molecule has 5 heteroatoms. The maximum Gasteiger partial charge on any atom is 0.148 e. The van der Waals surface area contributed by atoms with Gasteiger partial charge in [0.1, 0.15) is 11.5 Å². The lowest BCUT2D eigenvalue weighted by Crippen LogP contribution is -2.19. The van der Waals surface area contributed by atoms with Crippen molar-refractivity contribution < 1.29 is 9.47 Å². The number of aryl methyl sites for hydroxylation is 1. The van der Waals surface area contributed by atoms with Gasteiger partial charge in [-0.2, -0.15) is 0 Å². The third kappa shape index (κ3) is 4.43. The molecule has 112 valence electrons. The summed E-state index contributed by atoms with van der Waals surface area (Å²) in [5, 5.41) is 3.96. The Kier molecular flexibility index (Phi) is 5.99. The molecule has 0 radical (unpaired) electrons. The van der Waals surface area contributed by atoms with Gasteiger partial charge in [-0.05, 0) is 31.2 Å². The smallest absolute Gasteiger partial charge is 0.148 e. The zero-order valence-electron chi connectivity index (χ0n) is 12.2. The highest BCUT2D eigenvalue weighted by molar-refractivity contribution is 6.31. The number of aromatic nitrogens is 1. The molecule has 2 rings (SSSR count). The number of rotatable bonds is 7. The van der Waals surface area contributed by atoms with Gasteiger partial charge in [0.2, 0.25) is 0 Å². The fraction of sp³-hybridized carbons (Fsp3) is 0.312. The van der Waals surface area contributed by atoms with Gasteiger partial charge in [-0.1, -0.05) is 17.7 Å². The molecular weight excluding hydrogens is 288 g/mol. The van der Waals surface area contributed by atoms with Gasteiger partial charge in [-0.25, -0.2) is 0 Å². The van der Waals surface area contributed by atoms with Crippen LogP contribution in [-0.2, 0) is 11.3 Å². The predicted molar refractivity (Wildman–Crippen MR) is 84.1 cm³/mol. The van der Waals surface area contributed by atoms with E-state index >= 15 is 0 Å². The maximum atomic E-state index is 6.28. The van der Waals surface area contributed by atoms with Gasteiger partial charge >= 0.3 is 0 Å². The van der Waals surface area contributed by atoms with Crippen LogP contribution in [0.25, 0.3) is 0 Å². The van der Waals surface area contributed by atoms with E-state index in [1.54, 1.807) is 13.3 Å². The molecule has 0 aliphatic carbocycles. The summed E-state index contributed by atoms with van der Waals surface area (Å²) in [5.41, 5.74) is 1.77. The molecule has 0 atom stereocenters. The maximum absolute atomic E-state index is 6.28. The normalized spacial score (nSPS) is 10.6. The molecule has 0 aliphatic rings. The first kappa shape index (κ1) is 15.8. The highest BCUT2D eigenvalue weighted by atomic mass is 35.5. The number of nitrogens with one attached hydrogen (secondary N) is 1. The molecule has 4 nitrogen and oxygen atoms in total. The zero-order chi connectivity index (χ0) is 15.1. The first-order valence-corrected chi connectivity index (χ1v) is 7.16. The second-order valence-corrected chi connectivity index (χ2v) is 4.98. The van der Waals surface area contributed by atoms with Crippen LogP contribution in [-0.4, -0.2) is 25.2 Å². The number of methoxy groups -OCH3 is 1. The average Bonchev–Trinajstić information content (AvgIpc) is 2.48. The Labute approximate surface area is 130 Å². The van der Waals surface area contributed by atoms with Crippen molar-refractivity contribution in [1.29, 1.82) is 0 Å². The van der Waals surface area contributed by atoms with Gasteiger partial charge in [-0.3, -0.25) is 4.98 Å². The second-order valence-electron chi connectivity index (χ2n) is 4.58. The number of hydrogen-bond acceptors (Lipinski definition) is 4. The van der Waals surface area contributed by atoms with Crippen LogP contribution < -0.4 is 10.1 Å². The molecule has 0 saturated carbocycles. The van der Waals surface area contributed by atoms with Crippen molar-refractivity contribution in [2.75, 3.05) is 20.3 Å². The van der Waals surface area contributed by atoms with E-state index in [0.717, 1.165) is 29.3 Å². The number of nitrogens with zero attached hydrogens (tertiary/aromatic N) is 1. The molecule has 1 heterocycles. The van der Waals surface area contributed by atoms with E-state index in [-0.39, 0.29) is 0 Å². The summed E-state index contributed by atoms with van der Waals surface area (Å²) in [6.07, 6.45) is 1.74. The monoisotopic (exact) mass is 306 g/mol. The minimum absolute atomic E-state index is 0.623. The van der Waals surface area contributed by atoms with Crippen LogP contribution in [0, 0.1) is 6.92 Å². The van der Waals surface area contributed by atoms with Crippen molar-refractivity contribution in [3.8, 4) is 11.5 Å². The Hall–Kier alpha value is -1.62. The Bertz CT molecular complexity index is 590. The van der Waals surface area contributed by atoms with E-state index in [4.69, 9.17) is 21.1 Å². The van der Waals surface area contributed by atoms with E-state index in [2.05, 4.69) is 10.3 Å². The highest BCUT2D eigenvalue weighted by Crippen LogP contribution is 2.31. The number of benzene rings is 1. The molecule has 2 aromatic rings. The lowest BCUT2D eigenvalue weighted by atomic mass is 10.2. The molecule has 21 heavy (non-hydrogen) atoms. The number of ether oxygens (including phenoxy) is 2. The Morgan fingerprint density at radius 1 is 1.19 bits per heavy atom. The Balaban J connectivity index is 2.15. The van der Waals surface area contributed by atoms with Gasteiger partial charge < -0.3 is 14.8 Å². The van der Waals surface area contributed by atoms with Crippen LogP contribution in [0.3, 0.4) is 0 Å². The third-order valence-corrected chi connectivity index (χ3v) is 3.39. The summed E-state index contributed by atoms with van der Waals surface area (Å²) < 4.78 is 11.0. The van der Waals surface area contributed by atoms with E-state index in [0.29, 0.717) is 18.2 Å². The third-order valence-electron chi connectivity index (χ3n) is 3.04. The van der Waals surface area contributed by atoms with E-state index < -0.39 is 0 Å². The molecule has 0 spiro atoms.